The van der Waals surface area contributed by atoms with Gasteiger partial charge in [-0.05, 0) is 18.6 Å². The van der Waals surface area contributed by atoms with Gasteiger partial charge in [-0.3, -0.25) is 4.79 Å². The minimum Gasteiger partial charge on any atom is -0.397 e. The predicted molar refractivity (Wildman–Crippen MR) is 67.9 cm³/mol. The summed E-state index contributed by atoms with van der Waals surface area (Å²) in [6, 6.07) is 6.99. The number of pyridine rings is 2. The molecule has 5 nitrogen and oxygen atoms in total. The van der Waals surface area contributed by atoms with Gasteiger partial charge in [0.25, 0.3) is 5.56 Å². The molecule has 0 spiro atoms. The number of nitriles is 1. The van der Waals surface area contributed by atoms with Gasteiger partial charge in [0.2, 0.25) is 0 Å². The fraction of sp³-hybridized carbons (Fsp3) is 0.154. The van der Waals surface area contributed by atoms with E-state index in [2.05, 4.69) is 4.98 Å². The lowest BCUT2D eigenvalue weighted by Gasteiger charge is -2.09. The number of hydrogen-bond donors (Lipinski definition) is 1. The van der Waals surface area contributed by atoms with E-state index in [-0.39, 0.29) is 5.56 Å². The molecule has 0 saturated heterocycles. The van der Waals surface area contributed by atoms with E-state index in [0.717, 1.165) is 5.56 Å². The van der Waals surface area contributed by atoms with Crippen molar-refractivity contribution in [2.24, 2.45) is 0 Å². The van der Waals surface area contributed by atoms with Crippen LogP contribution < -0.4 is 11.3 Å². The van der Waals surface area contributed by atoms with E-state index >= 15 is 0 Å². The van der Waals surface area contributed by atoms with Crippen molar-refractivity contribution < 1.29 is 0 Å². The molecule has 0 atom stereocenters. The highest BCUT2D eigenvalue weighted by Crippen LogP contribution is 2.09. The topological polar surface area (TPSA) is 84.7 Å². The zero-order valence-corrected chi connectivity index (χ0v) is 9.92. The van der Waals surface area contributed by atoms with Crippen LogP contribution in [0.2, 0.25) is 0 Å². The smallest absolute Gasteiger partial charge is 0.251 e. The van der Waals surface area contributed by atoms with Gasteiger partial charge in [0.15, 0.2) is 0 Å². The largest absolute Gasteiger partial charge is 0.397 e. The molecule has 0 fully saturated rings. The molecule has 90 valence electrons. The van der Waals surface area contributed by atoms with Gasteiger partial charge in [0, 0.05) is 24.0 Å². The first kappa shape index (κ1) is 11.9. The maximum atomic E-state index is 11.8. The number of nitrogen functional groups attached to an aromatic ring is 1. The third-order valence-electron chi connectivity index (χ3n) is 2.71. The van der Waals surface area contributed by atoms with Gasteiger partial charge < -0.3 is 10.3 Å². The van der Waals surface area contributed by atoms with Gasteiger partial charge in [0.05, 0.1) is 12.2 Å². The van der Waals surface area contributed by atoms with Crippen LogP contribution in [0.15, 0.2) is 35.4 Å². The molecule has 0 aliphatic carbocycles. The predicted octanol–water partition coefficient (Wildman–Crippen LogP) is 1.05. The molecular weight excluding hydrogens is 228 g/mol. The van der Waals surface area contributed by atoms with E-state index in [1.54, 1.807) is 31.5 Å². The SMILES string of the molecule is Cc1cc(=O)n(Cc2cccnc2C#N)cc1N. The fourth-order valence-electron chi connectivity index (χ4n) is 1.66. The van der Waals surface area contributed by atoms with Gasteiger partial charge in [-0.15, -0.1) is 0 Å². The van der Waals surface area contributed by atoms with Crippen LogP contribution in [0.5, 0.6) is 0 Å². The Balaban J connectivity index is 2.44. The van der Waals surface area contributed by atoms with Crippen LogP contribution >= 0.6 is 0 Å². The minimum atomic E-state index is -0.144. The minimum absolute atomic E-state index is 0.144. The second-order valence-corrected chi connectivity index (χ2v) is 4.00. The molecule has 5 heteroatoms. The van der Waals surface area contributed by atoms with Crippen molar-refractivity contribution >= 4 is 5.69 Å². The monoisotopic (exact) mass is 240 g/mol. The molecule has 0 saturated carbocycles. The van der Waals surface area contributed by atoms with Crippen LogP contribution in [-0.4, -0.2) is 9.55 Å². The fourth-order valence-corrected chi connectivity index (χ4v) is 1.66. The second kappa shape index (κ2) is 4.72. The molecule has 0 aliphatic heterocycles. The number of aryl methyl sites for hydroxylation is 1. The molecule has 2 heterocycles. The van der Waals surface area contributed by atoms with E-state index in [4.69, 9.17) is 11.0 Å². The van der Waals surface area contributed by atoms with Crippen molar-refractivity contribution in [1.29, 1.82) is 5.26 Å². The van der Waals surface area contributed by atoms with Gasteiger partial charge >= 0.3 is 0 Å². The van der Waals surface area contributed by atoms with Gasteiger partial charge in [-0.1, -0.05) is 6.07 Å². The lowest BCUT2D eigenvalue weighted by atomic mass is 10.2. The Morgan fingerprint density at radius 1 is 1.56 bits per heavy atom. The van der Waals surface area contributed by atoms with Crippen molar-refractivity contribution in [3.05, 3.63) is 57.8 Å². The standard InChI is InChI=1S/C13H12N4O/c1-9-5-13(18)17(8-11(9)15)7-10-3-2-4-16-12(10)6-14/h2-5,8H,7,15H2,1H3. The molecule has 0 amide bonds. The van der Waals surface area contributed by atoms with Crippen LogP contribution in [0.25, 0.3) is 0 Å². The van der Waals surface area contributed by atoms with Crippen molar-refractivity contribution in [2.45, 2.75) is 13.5 Å². The van der Waals surface area contributed by atoms with Crippen molar-refractivity contribution in [3.8, 4) is 6.07 Å². The number of nitrogens with zero attached hydrogens (tertiary/aromatic N) is 3. The number of hydrogen-bond acceptors (Lipinski definition) is 4. The number of nitrogens with two attached hydrogens (primary N) is 1. The van der Waals surface area contributed by atoms with Crippen LogP contribution in [0.3, 0.4) is 0 Å². The third-order valence-corrected chi connectivity index (χ3v) is 2.71. The summed E-state index contributed by atoms with van der Waals surface area (Å²) in [7, 11) is 0. The molecule has 0 aliphatic rings. The molecule has 2 aromatic heterocycles. The second-order valence-electron chi connectivity index (χ2n) is 4.00. The Kier molecular flexibility index (Phi) is 3.11. The summed E-state index contributed by atoms with van der Waals surface area (Å²) in [5, 5.41) is 8.94. The molecule has 2 N–H and O–H groups in total. The lowest BCUT2D eigenvalue weighted by Crippen LogP contribution is -2.21. The molecule has 0 bridgehead atoms. The summed E-state index contributed by atoms with van der Waals surface area (Å²) in [5.41, 5.74) is 7.96. The summed E-state index contributed by atoms with van der Waals surface area (Å²) >= 11 is 0. The van der Waals surface area contributed by atoms with E-state index in [1.807, 2.05) is 6.07 Å². The highest BCUT2D eigenvalue weighted by Gasteiger charge is 2.06. The maximum Gasteiger partial charge on any atom is 0.251 e. The third kappa shape index (κ3) is 2.23. The summed E-state index contributed by atoms with van der Waals surface area (Å²) in [6.07, 6.45) is 3.14. The Morgan fingerprint density at radius 3 is 3.06 bits per heavy atom. The quantitative estimate of drug-likeness (QED) is 0.850. The molecule has 0 unspecified atom stereocenters. The van der Waals surface area contributed by atoms with Crippen molar-refractivity contribution in [3.63, 3.8) is 0 Å². The van der Waals surface area contributed by atoms with E-state index in [0.29, 0.717) is 23.5 Å². The van der Waals surface area contributed by atoms with Crippen LogP contribution in [0, 0.1) is 18.3 Å². The van der Waals surface area contributed by atoms with Gasteiger partial charge in [0.1, 0.15) is 11.8 Å². The summed E-state index contributed by atoms with van der Waals surface area (Å²) in [6.45, 7) is 2.08. The van der Waals surface area contributed by atoms with Gasteiger partial charge in [-0.25, -0.2) is 4.98 Å². The lowest BCUT2D eigenvalue weighted by molar-refractivity contribution is 0.754. The summed E-state index contributed by atoms with van der Waals surface area (Å²) < 4.78 is 1.47. The maximum absolute atomic E-state index is 11.8. The molecule has 18 heavy (non-hydrogen) atoms. The number of rotatable bonds is 2. The highest BCUT2D eigenvalue weighted by atomic mass is 16.1. The Morgan fingerprint density at radius 2 is 2.33 bits per heavy atom. The average Bonchev–Trinajstić information content (AvgIpc) is 2.36. The normalized spacial score (nSPS) is 10.0. The van der Waals surface area contributed by atoms with Crippen LogP contribution in [0.4, 0.5) is 5.69 Å². The van der Waals surface area contributed by atoms with E-state index in [1.165, 1.54) is 10.6 Å². The Labute approximate surface area is 104 Å². The molecule has 0 radical (unpaired) electrons. The van der Waals surface area contributed by atoms with Crippen LogP contribution in [0.1, 0.15) is 16.8 Å². The first-order valence-electron chi connectivity index (χ1n) is 5.42. The van der Waals surface area contributed by atoms with Gasteiger partial charge in [-0.2, -0.15) is 5.26 Å². The Hall–Kier alpha value is -2.61. The number of aromatic nitrogens is 2. The number of anilines is 1. The molecule has 2 aromatic rings. The zero-order chi connectivity index (χ0) is 13.1. The average molecular weight is 240 g/mol. The molecule has 0 aromatic carbocycles. The first-order chi connectivity index (χ1) is 8.61. The highest BCUT2D eigenvalue weighted by molar-refractivity contribution is 5.43. The van der Waals surface area contributed by atoms with E-state index in [9.17, 15) is 4.79 Å². The first-order valence-corrected chi connectivity index (χ1v) is 5.42. The molecular formula is C13H12N4O. The summed E-state index contributed by atoms with van der Waals surface area (Å²) in [5.74, 6) is 0. The molecule has 2 rings (SSSR count). The summed E-state index contributed by atoms with van der Waals surface area (Å²) in [4.78, 5) is 15.8. The van der Waals surface area contributed by atoms with Crippen LogP contribution in [-0.2, 0) is 6.54 Å². The van der Waals surface area contributed by atoms with Crippen molar-refractivity contribution in [1.82, 2.24) is 9.55 Å². The van der Waals surface area contributed by atoms with Crippen molar-refractivity contribution in [2.75, 3.05) is 5.73 Å². The van der Waals surface area contributed by atoms with E-state index < -0.39 is 0 Å². The zero-order valence-electron chi connectivity index (χ0n) is 9.92. The Bertz CT molecular complexity index is 682.